The summed E-state index contributed by atoms with van der Waals surface area (Å²) in [5.74, 6) is 0.295. The Morgan fingerprint density at radius 2 is 1.91 bits per heavy atom. The Balaban J connectivity index is 1.82. The van der Waals surface area contributed by atoms with Crippen LogP contribution in [0.4, 0.5) is 0 Å². The van der Waals surface area contributed by atoms with Crippen LogP contribution in [-0.2, 0) is 21.1 Å². The zero-order chi connectivity index (χ0) is 16.4. The molecule has 0 spiro atoms. The van der Waals surface area contributed by atoms with Crippen LogP contribution in [0.1, 0.15) is 18.9 Å². The van der Waals surface area contributed by atoms with Gasteiger partial charge < -0.3 is 4.90 Å². The SMILES string of the molecule is CCN(C(=O)Cc1cccc2ccccc12)[C@@H]1CCS(=O)(=O)C1. The van der Waals surface area contributed by atoms with Crippen LogP contribution in [0.3, 0.4) is 0 Å². The minimum Gasteiger partial charge on any atom is -0.339 e. The monoisotopic (exact) mass is 331 g/mol. The average molecular weight is 331 g/mol. The van der Waals surface area contributed by atoms with E-state index in [-0.39, 0.29) is 23.5 Å². The third-order valence-electron chi connectivity index (χ3n) is 4.53. The highest BCUT2D eigenvalue weighted by molar-refractivity contribution is 7.91. The Morgan fingerprint density at radius 3 is 2.61 bits per heavy atom. The Bertz CT molecular complexity index is 824. The Kier molecular flexibility index (Phi) is 4.39. The van der Waals surface area contributed by atoms with Crippen LogP contribution >= 0.6 is 0 Å². The number of likely N-dealkylation sites (N-methyl/N-ethyl adjacent to an activating group) is 1. The van der Waals surface area contributed by atoms with Crippen molar-refractivity contribution in [1.82, 2.24) is 4.90 Å². The maximum absolute atomic E-state index is 12.7. The molecule has 1 atom stereocenters. The standard InChI is InChI=1S/C18H21NO3S/c1-2-19(16-10-11-23(21,22)13-16)18(20)12-15-8-5-7-14-6-3-4-9-17(14)15/h3-9,16H,2,10-13H2,1H3/t16-/m1/s1. The quantitative estimate of drug-likeness (QED) is 0.864. The van der Waals surface area contributed by atoms with E-state index < -0.39 is 9.84 Å². The molecular formula is C18H21NO3S. The van der Waals surface area contributed by atoms with E-state index in [0.29, 0.717) is 19.4 Å². The second-order valence-corrected chi connectivity index (χ2v) is 8.28. The molecule has 1 aliphatic heterocycles. The predicted molar refractivity (Wildman–Crippen MR) is 92.1 cm³/mol. The van der Waals surface area contributed by atoms with Gasteiger partial charge in [-0.1, -0.05) is 42.5 Å². The molecule has 0 unspecified atom stereocenters. The smallest absolute Gasteiger partial charge is 0.227 e. The van der Waals surface area contributed by atoms with Crippen molar-refractivity contribution in [3.8, 4) is 0 Å². The molecule has 0 saturated carbocycles. The number of benzene rings is 2. The van der Waals surface area contributed by atoms with Crippen LogP contribution < -0.4 is 0 Å². The van der Waals surface area contributed by atoms with E-state index in [9.17, 15) is 13.2 Å². The summed E-state index contributed by atoms with van der Waals surface area (Å²) in [5.41, 5.74) is 0.993. The maximum Gasteiger partial charge on any atom is 0.227 e. The molecule has 0 N–H and O–H groups in total. The highest BCUT2D eigenvalue weighted by Gasteiger charge is 2.33. The first-order valence-corrected chi connectivity index (χ1v) is 9.79. The molecule has 0 aromatic heterocycles. The van der Waals surface area contributed by atoms with Gasteiger partial charge in [-0.15, -0.1) is 0 Å². The lowest BCUT2D eigenvalue weighted by Gasteiger charge is -2.27. The molecule has 0 radical (unpaired) electrons. The van der Waals surface area contributed by atoms with Crippen molar-refractivity contribution in [2.45, 2.75) is 25.8 Å². The molecule has 5 heteroatoms. The van der Waals surface area contributed by atoms with Crippen LogP contribution in [-0.4, -0.2) is 43.3 Å². The number of sulfone groups is 1. The molecule has 1 amide bonds. The molecule has 2 aromatic rings. The van der Waals surface area contributed by atoms with Gasteiger partial charge in [0.2, 0.25) is 5.91 Å². The van der Waals surface area contributed by atoms with Gasteiger partial charge in [0.1, 0.15) is 0 Å². The molecule has 23 heavy (non-hydrogen) atoms. The summed E-state index contributed by atoms with van der Waals surface area (Å²) in [7, 11) is -2.99. The lowest BCUT2D eigenvalue weighted by Crippen LogP contribution is -2.41. The van der Waals surface area contributed by atoms with Gasteiger partial charge >= 0.3 is 0 Å². The highest BCUT2D eigenvalue weighted by atomic mass is 32.2. The largest absolute Gasteiger partial charge is 0.339 e. The zero-order valence-electron chi connectivity index (χ0n) is 13.2. The predicted octanol–water partition coefficient (Wildman–Crippen LogP) is 2.42. The Hall–Kier alpha value is -1.88. The van der Waals surface area contributed by atoms with Crippen LogP contribution in [0.25, 0.3) is 10.8 Å². The summed E-state index contributed by atoms with van der Waals surface area (Å²) >= 11 is 0. The van der Waals surface area contributed by atoms with Gasteiger partial charge in [-0.3, -0.25) is 4.79 Å². The molecule has 0 aliphatic carbocycles. The Labute approximate surface area is 137 Å². The fourth-order valence-corrected chi connectivity index (χ4v) is 5.10. The van der Waals surface area contributed by atoms with E-state index in [4.69, 9.17) is 0 Å². The van der Waals surface area contributed by atoms with E-state index in [0.717, 1.165) is 16.3 Å². The van der Waals surface area contributed by atoms with Gasteiger partial charge in [-0.05, 0) is 29.7 Å². The first-order chi connectivity index (χ1) is 11.0. The summed E-state index contributed by atoms with van der Waals surface area (Å²) in [4.78, 5) is 14.4. The van der Waals surface area contributed by atoms with Crippen molar-refractivity contribution in [2.24, 2.45) is 0 Å². The second-order valence-electron chi connectivity index (χ2n) is 6.05. The van der Waals surface area contributed by atoms with E-state index in [1.165, 1.54) is 0 Å². The first-order valence-electron chi connectivity index (χ1n) is 7.96. The second kappa shape index (κ2) is 6.32. The fourth-order valence-electron chi connectivity index (χ4n) is 3.37. The number of rotatable bonds is 4. The molecular weight excluding hydrogens is 310 g/mol. The molecule has 1 saturated heterocycles. The average Bonchev–Trinajstić information content (AvgIpc) is 2.88. The lowest BCUT2D eigenvalue weighted by molar-refractivity contribution is -0.132. The summed E-state index contributed by atoms with van der Waals surface area (Å²) in [5, 5.41) is 2.20. The summed E-state index contributed by atoms with van der Waals surface area (Å²) in [6.45, 7) is 2.45. The minimum absolute atomic E-state index is 0.00551. The number of nitrogens with zero attached hydrogens (tertiary/aromatic N) is 1. The van der Waals surface area contributed by atoms with Crippen molar-refractivity contribution in [3.05, 3.63) is 48.0 Å². The highest BCUT2D eigenvalue weighted by Crippen LogP contribution is 2.22. The summed E-state index contributed by atoms with van der Waals surface area (Å²) < 4.78 is 23.4. The number of fused-ring (bicyclic) bond motifs is 1. The molecule has 1 aliphatic rings. The van der Waals surface area contributed by atoms with Crippen molar-refractivity contribution in [3.63, 3.8) is 0 Å². The van der Waals surface area contributed by atoms with Gasteiger partial charge in [-0.2, -0.15) is 0 Å². The zero-order valence-corrected chi connectivity index (χ0v) is 14.1. The normalized spacial score (nSPS) is 19.8. The van der Waals surface area contributed by atoms with Crippen molar-refractivity contribution < 1.29 is 13.2 Å². The molecule has 3 rings (SSSR count). The van der Waals surface area contributed by atoms with E-state index in [2.05, 4.69) is 0 Å². The third kappa shape index (κ3) is 3.39. The molecule has 122 valence electrons. The number of hydrogen-bond donors (Lipinski definition) is 0. The maximum atomic E-state index is 12.7. The van der Waals surface area contributed by atoms with Crippen molar-refractivity contribution in [1.29, 1.82) is 0 Å². The summed E-state index contributed by atoms with van der Waals surface area (Å²) in [6, 6.07) is 13.8. The minimum atomic E-state index is -2.99. The molecule has 1 heterocycles. The number of carbonyl (C=O) groups excluding carboxylic acids is 1. The van der Waals surface area contributed by atoms with Gasteiger partial charge in [-0.25, -0.2) is 8.42 Å². The van der Waals surface area contributed by atoms with Gasteiger partial charge in [0.05, 0.1) is 17.9 Å². The molecule has 0 bridgehead atoms. The number of amides is 1. The van der Waals surface area contributed by atoms with Gasteiger partial charge in [0.25, 0.3) is 0 Å². The van der Waals surface area contributed by atoms with E-state index in [1.807, 2.05) is 49.4 Å². The van der Waals surface area contributed by atoms with Crippen LogP contribution in [0.15, 0.2) is 42.5 Å². The van der Waals surface area contributed by atoms with Gasteiger partial charge in [0, 0.05) is 12.6 Å². The Morgan fingerprint density at radius 1 is 1.17 bits per heavy atom. The first kappa shape index (κ1) is 16.0. The third-order valence-corrected chi connectivity index (χ3v) is 6.28. The lowest BCUT2D eigenvalue weighted by atomic mass is 10.0. The van der Waals surface area contributed by atoms with Crippen LogP contribution in [0.2, 0.25) is 0 Å². The number of hydrogen-bond acceptors (Lipinski definition) is 3. The number of carbonyl (C=O) groups is 1. The summed E-state index contributed by atoms with van der Waals surface area (Å²) in [6.07, 6.45) is 0.864. The van der Waals surface area contributed by atoms with Gasteiger partial charge in [0.15, 0.2) is 9.84 Å². The van der Waals surface area contributed by atoms with Crippen LogP contribution in [0.5, 0.6) is 0 Å². The topological polar surface area (TPSA) is 54.5 Å². The van der Waals surface area contributed by atoms with E-state index in [1.54, 1.807) is 4.90 Å². The molecule has 1 fully saturated rings. The fraction of sp³-hybridized carbons (Fsp3) is 0.389. The van der Waals surface area contributed by atoms with E-state index >= 15 is 0 Å². The van der Waals surface area contributed by atoms with Crippen LogP contribution in [0, 0.1) is 0 Å². The van der Waals surface area contributed by atoms with Crippen molar-refractivity contribution in [2.75, 3.05) is 18.1 Å². The van der Waals surface area contributed by atoms with Crippen molar-refractivity contribution >= 4 is 26.5 Å². The molecule has 4 nitrogen and oxygen atoms in total. The molecule has 2 aromatic carbocycles.